The van der Waals surface area contributed by atoms with Gasteiger partial charge in [0.2, 0.25) is 0 Å². The molecule has 2 rings (SSSR count). The fraction of sp³-hybridized carbons (Fsp3) is 0.143. The Morgan fingerprint density at radius 1 is 1.75 bits per heavy atom. The van der Waals surface area contributed by atoms with E-state index in [1.165, 1.54) is 11.3 Å². The number of hydrogen-bond donors (Lipinski definition) is 1. The third-order valence-corrected chi connectivity index (χ3v) is 2.53. The molecule has 4 nitrogen and oxygen atoms in total. The number of rotatable bonds is 1. The Morgan fingerprint density at radius 2 is 2.50 bits per heavy atom. The molecule has 0 aliphatic carbocycles. The second kappa shape index (κ2) is 2.31. The van der Waals surface area contributed by atoms with Gasteiger partial charge in [-0.2, -0.15) is 0 Å². The van der Waals surface area contributed by atoms with E-state index in [1.807, 2.05) is 0 Å². The van der Waals surface area contributed by atoms with Crippen LogP contribution < -0.4 is 0 Å². The van der Waals surface area contributed by atoms with Gasteiger partial charge in [-0.25, -0.2) is 9.78 Å². The van der Waals surface area contributed by atoms with Crippen LogP contribution in [0.1, 0.15) is 16.3 Å². The number of nitrogens with zero attached hydrogens (tertiary/aromatic N) is 2. The van der Waals surface area contributed by atoms with E-state index in [1.54, 1.807) is 22.9 Å². The summed E-state index contributed by atoms with van der Waals surface area (Å²) >= 11 is 1.38. The Bertz CT molecular complexity index is 443. The normalized spacial score (nSPS) is 10.8. The van der Waals surface area contributed by atoms with Crippen LogP contribution in [0, 0.1) is 6.92 Å². The Labute approximate surface area is 72.1 Å². The number of carbonyl (C=O) groups is 1. The number of fused-ring (bicyclic) bond motifs is 1. The molecular formula is C7H6N2O2S. The molecule has 62 valence electrons. The number of imidazole rings is 1. The van der Waals surface area contributed by atoms with Crippen LogP contribution >= 0.6 is 11.3 Å². The first-order valence-electron chi connectivity index (χ1n) is 3.35. The van der Waals surface area contributed by atoms with E-state index in [4.69, 9.17) is 5.11 Å². The SMILES string of the molecule is Cc1ncc2scc(C(=O)O)n12. The number of aromatic carboxylic acids is 1. The van der Waals surface area contributed by atoms with E-state index < -0.39 is 5.97 Å². The summed E-state index contributed by atoms with van der Waals surface area (Å²) in [5.74, 6) is -0.203. The molecule has 1 N–H and O–H groups in total. The zero-order chi connectivity index (χ0) is 8.72. The minimum absolute atomic E-state index is 0.282. The maximum absolute atomic E-state index is 10.7. The zero-order valence-corrected chi connectivity index (χ0v) is 7.13. The van der Waals surface area contributed by atoms with E-state index in [2.05, 4.69) is 4.98 Å². The number of aromatic nitrogens is 2. The molecule has 5 heteroatoms. The molecule has 2 aromatic heterocycles. The van der Waals surface area contributed by atoms with E-state index in [0.29, 0.717) is 5.82 Å². The van der Waals surface area contributed by atoms with Crippen molar-refractivity contribution in [3.05, 3.63) is 23.1 Å². The second-order valence-corrected chi connectivity index (χ2v) is 3.29. The molecule has 2 heterocycles. The predicted octanol–water partition coefficient (Wildman–Crippen LogP) is 1.40. The minimum Gasteiger partial charge on any atom is -0.477 e. The first-order chi connectivity index (χ1) is 5.70. The van der Waals surface area contributed by atoms with E-state index in [-0.39, 0.29) is 5.69 Å². The highest BCUT2D eigenvalue weighted by Gasteiger charge is 2.12. The molecule has 0 radical (unpaired) electrons. The smallest absolute Gasteiger partial charge is 0.353 e. The number of carboxylic acid groups (broad SMARTS) is 1. The van der Waals surface area contributed by atoms with Gasteiger partial charge in [0.15, 0.2) is 0 Å². The summed E-state index contributed by atoms with van der Waals surface area (Å²) in [7, 11) is 0. The maximum atomic E-state index is 10.7. The molecule has 0 bridgehead atoms. The third-order valence-electron chi connectivity index (χ3n) is 1.66. The van der Waals surface area contributed by atoms with Gasteiger partial charge in [-0.05, 0) is 6.92 Å². The van der Waals surface area contributed by atoms with Crippen LogP contribution in [0.25, 0.3) is 4.83 Å². The van der Waals surface area contributed by atoms with Gasteiger partial charge in [0.1, 0.15) is 16.3 Å². The van der Waals surface area contributed by atoms with Crippen molar-refractivity contribution in [1.82, 2.24) is 9.38 Å². The molecule has 2 aromatic rings. The summed E-state index contributed by atoms with van der Waals surface area (Å²) < 4.78 is 1.63. The van der Waals surface area contributed by atoms with Crippen molar-refractivity contribution >= 4 is 22.1 Å². The van der Waals surface area contributed by atoms with Crippen LogP contribution in [-0.2, 0) is 0 Å². The van der Waals surface area contributed by atoms with Crippen molar-refractivity contribution in [3.63, 3.8) is 0 Å². The first-order valence-corrected chi connectivity index (χ1v) is 4.23. The van der Waals surface area contributed by atoms with Gasteiger partial charge in [0, 0.05) is 5.38 Å². The highest BCUT2D eigenvalue weighted by atomic mass is 32.1. The van der Waals surface area contributed by atoms with Gasteiger partial charge in [-0.3, -0.25) is 4.40 Å². The van der Waals surface area contributed by atoms with Crippen LogP contribution in [-0.4, -0.2) is 20.5 Å². The Kier molecular flexibility index (Phi) is 1.41. The summed E-state index contributed by atoms with van der Waals surface area (Å²) in [6, 6.07) is 0. The summed E-state index contributed by atoms with van der Waals surface area (Å²) in [6.07, 6.45) is 1.67. The van der Waals surface area contributed by atoms with Crippen LogP contribution in [0.5, 0.6) is 0 Å². The summed E-state index contributed by atoms with van der Waals surface area (Å²) in [6.45, 7) is 1.78. The van der Waals surface area contributed by atoms with Crippen molar-refractivity contribution in [3.8, 4) is 0 Å². The molecule has 0 spiro atoms. The Morgan fingerprint density at radius 3 is 3.17 bits per heavy atom. The molecule has 0 aromatic carbocycles. The quantitative estimate of drug-likeness (QED) is 0.725. The van der Waals surface area contributed by atoms with E-state index in [0.717, 1.165) is 4.83 Å². The second-order valence-electron chi connectivity index (χ2n) is 2.41. The molecule has 0 fully saturated rings. The lowest BCUT2D eigenvalue weighted by Gasteiger charge is -1.92. The van der Waals surface area contributed by atoms with Gasteiger partial charge < -0.3 is 5.11 Å². The fourth-order valence-electron chi connectivity index (χ4n) is 1.11. The summed E-state index contributed by atoms with van der Waals surface area (Å²) in [5.41, 5.74) is 0.282. The van der Waals surface area contributed by atoms with Gasteiger partial charge in [0.25, 0.3) is 0 Å². The summed E-state index contributed by atoms with van der Waals surface area (Å²) in [5, 5.41) is 10.4. The standard InChI is InChI=1S/C7H6N2O2S/c1-4-8-2-6-9(4)5(3-12-6)7(10)11/h2-3H,1H3,(H,10,11). The lowest BCUT2D eigenvalue weighted by Crippen LogP contribution is -2.01. The van der Waals surface area contributed by atoms with Crippen LogP contribution in [0.3, 0.4) is 0 Å². The van der Waals surface area contributed by atoms with E-state index >= 15 is 0 Å². The maximum Gasteiger partial charge on any atom is 0.353 e. The van der Waals surface area contributed by atoms with Gasteiger partial charge in [-0.1, -0.05) is 0 Å². The Balaban J connectivity index is 2.83. The monoisotopic (exact) mass is 182 g/mol. The number of hydrogen-bond acceptors (Lipinski definition) is 3. The molecule has 12 heavy (non-hydrogen) atoms. The lowest BCUT2D eigenvalue weighted by molar-refractivity contribution is 0.0689. The third kappa shape index (κ3) is 0.831. The highest BCUT2D eigenvalue weighted by Crippen LogP contribution is 2.17. The average molecular weight is 182 g/mol. The fourth-order valence-corrected chi connectivity index (χ4v) is 2.00. The van der Waals surface area contributed by atoms with Crippen molar-refractivity contribution in [1.29, 1.82) is 0 Å². The number of carboxylic acids is 1. The largest absolute Gasteiger partial charge is 0.477 e. The van der Waals surface area contributed by atoms with E-state index in [9.17, 15) is 4.79 Å². The first kappa shape index (κ1) is 7.30. The van der Waals surface area contributed by atoms with Gasteiger partial charge in [0.05, 0.1) is 6.20 Å². The molecule has 0 aliphatic rings. The zero-order valence-electron chi connectivity index (χ0n) is 6.31. The predicted molar refractivity (Wildman–Crippen MR) is 44.8 cm³/mol. The molecular weight excluding hydrogens is 176 g/mol. The van der Waals surface area contributed by atoms with Crippen LogP contribution in [0.2, 0.25) is 0 Å². The summed E-state index contributed by atoms with van der Waals surface area (Å²) in [4.78, 5) is 15.6. The topological polar surface area (TPSA) is 54.6 Å². The Hall–Kier alpha value is -1.36. The average Bonchev–Trinajstić information content (AvgIpc) is 2.53. The molecule has 0 atom stereocenters. The highest BCUT2D eigenvalue weighted by molar-refractivity contribution is 7.15. The molecule has 0 saturated carbocycles. The molecule has 0 aliphatic heterocycles. The van der Waals surface area contributed by atoms with Crippen LogP contribution in [0.15, 0.2) is 11.6 Å². The molecule has 0 saturated heterocycles. The number of thiazole rings is 1. The molecule has 0 unspecified atom stereocenters. The lowest BCUT2D eigenvalue weighted by atomic mass is 10.5. The van der Waals surface area contributed by atoms with Crippen molar-refractivity contribution in [2.45, 2.75) is 6.92 Å². The minimum atomic E-state index is -0.914. The van der Waals surface area contributed by atoms with Gasteiger partial charge >= 0.3 is 5.97 Å². The van der Waals surface area contributed by atoms with Crippen LogP contribution in [0.4, 0.5) is 0 Å². The number of aryl methyl sites for hydroxylation is 1. The van der Waals surface area contributed by atoms with Gasteiger partial charge in [-0.15, -0.1) is 11.3 Å². The van der Waals surface area contributed by atoms with Crippen molar-refractivity contribution in [2.75, 3.05) is 0 Å². The van der Waals surface area contributed by atoms with Crippen molar-refractivity contribution < 1.29 is 9.90 Å². The molecule has 0 amide bonds. The van der Waals surface area contributed by atoms with Crippen molar-refractivity contribution in [2.24, 2.45) is 0 Å².